The first-order valence-corrected chi connectivity index (χ1v) is 8.16. The fraction of sp³-hybridized carbons (Fsp3) is 0.385. The molecule has 0 saturated heterocycles. The fourth-order valence-corrected chi connectivity index (χ4v) is 3.38. The summed E-state index contributed by atoms with van der Waals surface area (Å²) in [6, 6.07) is 2.11. The van der Waals surface area contributed by atoms with E-state index in [-0.39, 0.29) is 5.41 Å². The molecular formula is C13H14N4OS2. The molecule has 0 fully saturated rings. The van der Waals surface area contributed by atoms with E-state index in [2.05, 4.69) is 40.0 Å². The molecule has 0 aliphatic heterocycles. The fourth-order valence-electron chi connectivity index (χ4n) is 1.90. The van der Waals surface area contributed by atoms with Gasteiger partial charge in [0.05, 0.1) is 10.1 Å². The lowest BCUT2D eigenvalue weighted by Crippen LogP contribution is -2.19. The summed E-state index contributed by atoms with van der Waals surface area (Å²) < 4.78 is 7.42. The molecule has 5 nitrogen and oxygen atoms in total. The van der Waals surface area contributed by atoms with E-state index in [0.29, 0.717) is 11.7 Å². The molecule has 7 heteroatoms. The van der Waals surface area contributed by atoms with Gasteiger partial charge >= 0.3 is 0 Å². The van der Waals surface area contributed by atoms with E-state index in [1.807, 2.05) is 19.4 Å². The van der Waals surface area contributed by atoms with Gasteiger partial charge in [-0.15, -0.1) is 11.3 Å². The normalized spacial score (nSPS) is 12.2. The summed E-state index contributed by atoms with van der Waals surface area (Å²) in [7, 11) is 0. The third kappa shape index (κ3) is 2.20. The Morgan fingerprint density at radius 1 is 1.30 bits per heavy atom. The predicted molar refractivity (Wildman–Crippen MR) is 80.4 cm³/mol. The third-order valence-corrected chi connectivity index (χ3v) is 5.16. The Labute approximate surface area is 124 Å². The van der Waals surface area contributed by atoms with Crippen molar-refractivity contribution in [2.45, 2.75) is 30.5 Å². The van der Waals surface area contributed by atoms with Crippen LogP contribution in [-0.4, -0.2) is 26.4 Å². The van der Waals surface area contributed by atoms with Gasteiger partial charge in [0, 0.05) is 6.20 Å². The Hall–Kier alpha value is -1.47. The number of fused-ring (bicyclic) bond motifs is 1. The summed E-state index contributed by atoms with van der Waals surface area (Å²) in [5, 5.41) is 3.87. The minimum atomic E-state index is -0.369. The highest BCUT2D eigenvalue weighted by Crippen LogP contribution is 2.34. The molecule has 3 heterocycles. The van der Waals surface area contributed by atoms with E-state index in [1.165, 1.54) is 0 Å². The molecule has 0 bridgehead atoms. The standard InChI is InChI=1S/C13H14N4OS2/c1-7-15-11(18-17-7)13(2,3)8-5-9-10(14-6-8)16-12(19-4)20-9/h5-6H,1-4H3. The lowest BCUT2D eigenvalue weighted by Gasteiger charge is -2.19. The zero-order chi connectivity index (χ0) is 14.3. The van der Waals surface area contributed by atoms with Crippen LogP contribution in [0.2, 0.25) is 0 Å². The molecule has 0 unspecified atom stereocenters. The maximum Gasteiger partial charge on any atom is 0.236 e. The van der Waals surface area contributed by atoms with Crippen molar-refractivity contribution in [2.24, 2.45) is 0 Å². The van der Waals surface area contributed by atoms with Gasteiger partial charge in [-0.25, -0.2) is 9.97 Å². The minimum Gasteiger partial charge on any atom is -0.338 e. The first-order chi connectivity index (χ1) is 9.50. The van der Waals surface area contributed by atoms with Crippen molar-refractivity contribution < 1.29 is 4.52 Å². The second-order valence-electron chi connectivity index (χ2n) is 5.00. The summed E-state index contributed by atoms with van der Waals surface area (Å²) >= 11 is 3.28. The molecule has 0 aromatic carbocycles. The number of aromatic nitrogens is 4. The Kier molecular flexibility index (Phi) is 3.25. The van der Waals surface area contributed by atoms with Crippen LogP contribution in [0.25, 0.3) is 10.3 Å². The number of thiazole rings is 1. The monoisotopic (exact) mass is 306 g/mol. The summed E-state index contributed by atoms with van der Waals surface area (Å²) in [4.78, 5) is 13.2. The first-order valence-electron chi connectivity index (χ1n) is 6.12. The summed E-state index contributed by atoms with van der Waals surface area (Å²) in [5.74, 6) is 1.25. The number of pyridine rings is 1. The Balaban J connectivity index is 2.08. The molecule has 0 aliphatic carbocycles. The number of thioether (sulfide) groups is 1. The van der Waals surface area contributed by atoms with Gasteiger partial charge in [-0.05, 0) is 38.7 Å². The van der Waals surface area contributed by atoms with Crippen molar-refractivity contribution in [3.63, 3.8) is 0 Å². The summed E-state index contributed by atoms with van der Waals surface area (Å²) in [5.41, 5.74) is 1.47. The molecule has 3 rings (SSSR count). The van der Waals surface area contributed by atoms with Crippen LogP contribution in [0.3, 0.4) is 0 Å². The van der Waals surface area contributed by atoms with Crippen molar-refractivity contribution in [1.82, 2.24) is 20.1 Å². The molecule has 0 spiro atoms. The highest BCUT2D eigenvalue weighted by atomic mass is 32.2. The van der Waals surface area contributed by atoms with E-state index in [9.17, 15) is 0 Å². The van der Waals surface area contributed by atoms with Crippen molar-refractivity contribution in [3.05, 3.63) is 29.5 Å². The number of hydrogen-bond donors (Lipinski definition) is 0. The molecule has 0 atom stereocenters. The average molecular weight is 306 g/mol. The lowest BCUT2D eigenvalue weighted by molar-refractivity contribution is 0.330. The molecule has 0 radical (unpaired) electrons. The van der Waals surface area contributed by atoms with Crippen LogP contribution in [0.15, 0.2) is 21.1 Å². The van der Waals surface area contributed by atoms with Crippen LogP contribution in [-0.2, 0) is 5.41 Å². The van der Waals surface area contributed by atoms with Gasteiger partial charge in [0.2, 0.25) is 5.89 Å². The molecule has 0 N–H and O–H groups in total. The van der Waals surface area contributed by atoms with Crippen molar-refractivity contribution in [2.75, 3.05) is 6.26 Å². The van der Waals surface area contributed by atoms with Gasteiger partial charge in [-0.3, -0.25) is 0 Å². The van der Waals surface area contributed by atoms with Gasteiger partial charge in [-0.2, -0.15) is 4.98 Å². The largest absolute Gasteiger partial charge is 0.338 e. The zero-order valence-corrected chi connectivity index (χ0v) is 13.3. The van der Waals surface area contributed by atoms with Gasteiger partial charge < -0.3 is 4.52 Å². The topological polar surface area (TPSA) is 64.7 Å². The average Bonchev–Trinajstić information content (AvgIpc) is 3.03. The van der Waals surface area contributed by atoms with Crippen molar-refractivity contribution >= 4 is 33.4 Å². The highest BCUT2D eigenvalue weighted by Gasteiger charge is 2.30. The van der Waals surface area contributed by atoms with Gasteiger partial charge in [0.15, 0.2) is 15.8 Å². The SMILES string of the molecule is CSc1nc2ncc(C(C)(C)c3nc(C)no3)cc2s1. The Morgan fingerprint density at radius 3 is 2.75 bits per heavy atom. The van der Waals surface area contributed by atoms with E-state index in [4.69, 9.17) is 4.52 Å². The number of hydrogen-bond acceptors (Lipinski definition) is 7. The molecule has 3 aromatic heterocycles. The van der Waals surface area contributed by atoms with Crippen LogP contribution in [0, 0.1) is 6.92 Å². The van der Waals surface area contributed by atoms with Crippen LogP contribution >= 0.6 is 23.1 Å². The second-order valence-corrected chi connectivity index (χ2v) is 7.09. The zero-order valence-electron chi connectivity index (χ0n) is 11.7. The number of nitrogens with zero attached hydrogens (tertiary/aromatic N) is 4. The summed E-state index contributed by atoms with van der Waals surface area (Å²) in [6.45, 7) is 5.93. The van der Waals surface area contributed by atoms with Gasteiger partial charge in [0.25, 0.3) is 0 Å². The van der Waals surface area contributed by atoms with E-state index in [0.717, 1.165) is 20.3 Å². The quantitative estimate of drug-likeness (QED) is 0.691. The molecule has 20 heavy (non-hydrogen) atoms. The lowest BCUT2D eigenvalue weighted by atomic mass is 9.85. The predicted octanol–water partition coefficient (Wildman–Crippen LogP) is 3.43. The molecule has 104 valence electrons. The second kappa shape index (κ2) is 4.82. The van der Waals surface area contributed by atoms with Crippen LogP contribution in [0.5, 0.6) is 0 Å². The number of rotatable bonds is 3. The molecule has 0 aliphatic rings. The minimum absolute atomic E-state index is 0.369. The Bertz CT molecular complexity index is 763. The van der Waals surface area contributed by atoms with Gasteiger partial charge in [-0.1, -0.05) is 16.9 Å². The van der Waals surface area contributed by atoms with Gasteiger partial charge in [0.1, 0.15) is 0 Å². The van der Waals surface area contributed by atoms with Crippen molar-refractivity contribution in [1.29, 1.82) is 0 Å². The molecule has 0 amide bonds. The highest BCUT2D eigenvalue weighted by molar-refractivity contribution is 8.00. The van der Waals surface area contributed by atoms with Crippen molar-refractivity contribution in [3.8, 4) is 0 Å². The molecular weight excluding hydrogens is 292 g/mol. The smallest absolute Gasteiger partial charge is 0.236 e. The van der Waals surface area contributed by atoms with Crippen LogP contribution in [0.1, 0.15) is 31.1 Å². The summed E-state index contributed by atoms with van der Waals surface area (Å²) in [6.07, 6.45) is 3.86. The van der Waals surface area contributed by atoms with E-state index in [1.54, 1.807) is 23.1 Å². The first kappa shape index (κ1) is 13.5. The molecule has 3 aromatic rings. The van der Waals surface area contributed by atoms with Crippen LogP contribution in [0.4, 0.5) is 0 Å². The maximum atomic E-state index is 5.32. The number of aryl methyl sites for hydroxylation is 1. The van der Waals surface area contributed by atoms with Crippen LogP contribution < -0.4 is 0 Å². The van der Waals surface area contributed by atoms with E-state index < -0.39 is 0 Å². The molecule has 0 saturated carbocycles. The van der Waals surface area contributed by atoms with E-state index >= 15 is 0 Å². The Morgan fingerprint density at radius 2 is 2.10 bits per heavy atom. The maximum absolute atomic E-state index is 5.32. The third-order valence-electron chi connectivity index (χ3n) is 3.19.